The van der Waals surface area contributed by atoms with Crippen LogP contribution < -0.4 is 0 Å². The normalized spacial score (nSPS) is 19.6. The van der Waals surface area contributed by atoms with E-state index in [2.05, 4.69) is 21.4 Å². The summed E-state index contributed by atoms with van der Waals surface area (Å²) >= 11 is 0. The summed E-state index contributed by atoms with van der Waals surface area (Å²) in [5, 5.41) is 0. The van der Waals surface area contributed by atoms with E-state index < -0.39 is 11.7 Å². The molecule has 2 heterocycles. The van der Waals surface area contributed by atoms with Gasteiger partial charge in [0.1, 0.15) is 5.82 Å². The van der Waals surface area contributed by atoms with Crippen LogP contribution in [-0.2, 0) is 19.3 Å². The molecule has 130 valence electrons. The number of benzene rings is 1. The van der Waals surface area contributed by atoms with Crippen LogP contribution in [0.4, 0.5) is 13.2 Å². The maximum atomic E-state index is 12.6. The highest BCUT2D eigenvalue weighted by Crippen LogP contribution is 2.30. The zero-order chi connectivity index (χ0) is 17.2. The molecule has 1 aliphatic heterocycles. The monoisotopic (exact) mass is 337 g/mol. The molecule has 1 atom stereocenters. The number of nitrogens with zero attached hydrogens (tertiary/aromatic N) is 3. The molecule has 0 radical (unpaired) electrons. The Labute approximate surface area is 140 Å². The zero-order valence-corrected chi connectivity index (χ0v) is 13.8. The van der Waals surface area contributed by atoms with Crippen molar-refractivity contribution in [2.45, 2.75) is 44.9 Å². The molecule has 0 bridgehead atoms. The van der Waals surface area contributed by atoms with E-state index in [0.29, 0.717) is 12.5 Å². The molecular formula is C18H22F3N3. The molecule has 0 spiro atoms. The highest BCUT2D eigenvalue weighted by Gasteiger charge is 2.30. The van der Waals surface area contributed by atoms with Crippen LogP contribution >= 0.6 is 0 Å². The fourth-order valence-electron chi connectivity index (χ4n) is 3.42. The van der Waals surface area contributed by atoms with E-state index >= 15 is 0 Å². The number of hydrogen-bond acceptors (Lipinski definition) is 2. The second-order valence-electron chi connectivity index (χ2n) is 6.34. The molecule has 1 fully saturated rings. The molecule has 3 nitrogen and oxygen atoms in total. The van der Waals surface area contributed by atoms with Crippen molar-refractivity contribution in [1.29, 1.82) is 0 Å². The van der Waals surface area contributed by atoms with Crippen molar-refractivity contribution in [3.8, 4) is 0 Å². The highest BCUT2D eigenvalue weighted by atomic mass is 19.4. The first kappa shape index (κ1) is 17.0. The predicted octanol–water partition coefficient (Wildman–Crippen LogP) is 4.30. The summed E-state index contributed by atoms with van der Waals surface area (Å²) in [6.45, 7) is 5.57. The quantitative estimate of drug-likeness (QED) is 0.829. The Bertz CT molecular complexity index is 661. The van der Waals surface area contributed by atoms with E-state index in [1.165, 1.54) is 12.1 Å². The number of alkyl halides is 3. The average Bonchev–Trinajstić information content (AvgIpc) is 3.03. The average molecular weight is 337 g/mol. The summed E-state index contributed by atoms with van der Waals surface area (Å²) in [7, 11) is 0. The number of hydrogen-bond donors (Lipinski definition) is 0. The van der Waals surface area contributed by atoms with Crippen LogP contribution in [0.25, 0.3) is 0 Å². The minimum atomic E-state index is -4.27. The molecule has 1 aromatic carbocycles. The topological polar surface area (TPSA) is 21.1 Å². The summed E-state index contributed by atoms with van der Waals surface area (Å²) in [4.78, 5) is 6.81. The molecule has 1 aliphatic rings. The van der Waals surface area contributed by atoms with Gasteiger partial charge in [-0.1, -0.05) is 12.1 Å². The molecule has 0 unspecified atom stereocenters. The van der Waals surface area contributed by atoms with E-state index in [-0.39, 0.29) is 0 Å². The number of halogens is 3. The number of aromatic nitrogens is 2. The molecule has 2 aromatic rings. The van der Waals surface area contributed by atoms with Crippen molar-refractivity contribution in [1.82, 2.24) is 14.5 Å². The predicted molar refractivity (Wildman–Crippen MR) is 86.6 cm³/mol. The van der Waals surface area contributed by atoms with Gasteiger partial charge in [0.15, 0.2) is 0 Å². The number of aryl methyl sites for hydroxylation is 1. The molecule has 3 rings (SSSR count). The van der Waals surface area contributed by atoms with Crippen LogP contribution in [0.2, 0.25) is 0 Å². The first-order chi connectivity index (χ1) is 11.5. The molecule has 0 aliphatic carbocycles. The maximum absolute atomic E-state index is 12.6. The zero-order valence-electron chi connectivity index (χ0n) is 13.8. The third kappa shape index (κ3) is 3.80. The molecule has 0 N–H and O–H groups in total. The Morgan fingerprint density at radius 1 is 1.21 bits per heavy atom. The Hall–Kier alpha value is -1.82. The smallest absolute Gasteiger partial charge is 0.335 e. The lowest BCUT2D eigenvalue weighted by Gasteiger charge is -2.32. The summed E-state index contributed by atoms with van der Waals surface area (Å²) in [5.74, 6) is 1.51. The third-order valence-electron chi connectivity index (χ3n) is 4.65. The van der Waals surface area contributed by atoms with Crippen LogP contribution in [0.3, 0.4) is 0 Å². The van der Waals surface area contributed by atoms with Crippen LogP contribution in [0.15, 0.2) is 36.7 Å². The van der Waals surface area contributed by atoms with Crippen LogP contribution in [0.5, 0.6) is 0 Å². The number of piperidine rings is 1. The van der Waals surface area contributed by atoms with E-state index in [9.17, 15) is 13.2 Å². The number of rotatable bonds is 4. The summed E-state index contributed by atoms with van der Waals surface area (Å²) in [6.07, 6.45) is 1.77. The van der Waals surface area contributed by atoms with Gasteiger partial charge in [0.2, 0.25) is 0 Å². The van der Waals surface area contributed by atoms with Gasteiger partial charge in [-0.15, -0.1) is 0 Å². The maximum Gasteiger partial charge on any atom is 0.416 e. The van der Waals surface area contributed by atoms with E-state index in [1.54, 1.807) is 12.1 Å². The lowest BCUT2D eigenvalue weighted by molar-refractivity contribution is -0.137. The van der Waals surface area contributed by atoms with Gasteiger partial charge in [-0.25, -0.2) is 4.98 Å². The number of likely N-dealkylation sites (tertiary alicyclic amines) is 1. The second-order valence-corrected chi connectivity index (χ2v) is 6.34. The van der Waals surface area contributed by atoms with Crippen LogP contribution in [0.1, 0.15) is 42.6 Å². The van der Waals surface area contributed by atoms with Crippen molar-refractivity contribution in [3.63, 3.8) is 0 Å². The molecule has 0 amide bonds. The molecular weight excluding hydrogens is 315 g/mol. The van der Waals surface area contributed by atoms with E-state index in [1.807, 2.05) is 12.4 Å². The van der Waals surface area contributed by atoms with E-state index in [0.717, 1.165) is 43.9 Å². The molecule has 1 saturated heterocycles. The summed E-state index contributed by atoms with van der Waals surface area (Å²) in [6, 6.07) is 5.50. The summed E-state index contributed by atoms with van der Waals surface area (Å²) < 4.78 is 40.1. The van der Waals surface area contributed by atoms with Gasteiger partial charge in [-0.2, -0.15) is 13.2 Å². The Kier molecular flexibility index (Phi) is 4.94. The van der Waals surface area contributed by atoms with Gasteiger partial charge in [-0.05, 0) is 44.0 Å². The third-order valence-corrected chi connectivity index (χ3v) is 4.65. The Morgan fingerprint density at radius 3 is 2.62 bits per heavy atom. The first-order valence-corrected chi connectivity index (χ1v) is 8.37. The van der Waals surface area contributed by atoms with E-state index in [4.69, 9.17) is 0 Å². The van der Waals surface area contributed by atoms with Crippen LogP contribution in [0, 0.1) is 0 Å². The minimum Gasteiger partial charge on any atom is -0.335 e. The van der Waals surface area contributed by atoms with Gasteiger partial charge in [0.05, 0.1) is 5.56 Å². The standard InChI is InChI=1S/C18H22F3N3/c1-2-24-11-9-22-17(24)15-4-3-10-23(13-15)12-14-5-7-16(8-6-14)18(19,20)21/h5-9,11,15H,2-4,10,12-13H2,1H3/t15-/m0/s1. The SMILES string of the molecule is CCn1ccnc1[C@H]1CCCN(Cc2ccc(C(F)(F)F)cc2)C1. The number of imidazole rings is 1. The lowest BCUT2D eigenvalue weighted by Crippen LogP contribution is -2.34. The van der Waals surface area contributed by atoms with Gasteiger partial charge >= 0.3 is 6.18 Å². The summed E-state index contributed by atoms with van der Waals surface area (Å²) in [5.41, 5.74) is 0.329. The molecule has 24 heavy (non-hydrogen) atoms. The minimum absolute atomic E-state index is 0.392. The van der Waals surface area contributed by atoms with Crippen molar-refractivity contribution in [3.05, 3.63) is 53.6 Å². The van der Waals surface area contributed by atoms with Gasteiger partial charge < -0.3 is 4.57 Å². The Balaban J connectivity index is 1.65. The molecule has 1 aromatic heterocycles. The van der Waals surface area contributed by atoms with Gasteiger partial charge in [0, 0.05) is 37.9 Å². The van der Waals surface area contributed by atoms with Crippen molar-refractivity contribution < 1.29 is 13.2 Å². The molecule has 6 heteroatoms. The second kappa shape index (κ2) is 6.97. The van der Waals surface area contributed by atoms with Crippen LogP contribution in [-0.4, -0.2) is 27.5 Å². The fourth-order valence-corrected chi connectivity index (χ4v) is 3.42. The van der Waals surface area contributed by atoms with Crippen molar-refractivity contribution in [2.24, 2.45) is 0 Å². The van der Waals surface area contributed by atoms with Crippen molar-refractivity contribution >= 4 is 0 Å². The largest absolute Gasteiger partial charge is 0.416 e. The van der Waals surface area contributed by atoms with Crippen molar-refractivity contribution in [2.75, 3.05) is 13.1 Å². The first-order valence-electron chi connectivity index (χ1n) is 8.37. The Morgan fingerprint density at radius 2 is 1.96 bits per heavy atom. The van der Waals surface area contributed by atoms with Gasteiger partial charge in [0.25, 0.3) is 0 Å². The highest BCUT2D eigenvalue weighted by molar-refractivity contribution is 5.24. The fraction of sp³-hybridized carbons (Fsp3) is 0.500. The van der Waals surface area contributed by atoms with Gasteiger partial charge in [-0.3, -0.25) is 4.90 Å². The molecule has 0 saturated carbocycles. The lowest BCUT2D eigenvalue weighted by atomic mass is 9.96.